The third-order valence-corrected chi connectivity index (χ3v) is 3.86. The second-order valence-electron chi connectivity index (χ2n) is 5.53. The van der Waals surface area contributed by atoms with E-state index in [-0.39, 0.29) is 5.56 Å². The molecule has 0 aliphatic rings. The lowest BCUT2D eigenvalue weighted by Gasteiger charge is -2.07. The summed E-state index contributed by atoms with van der Waals surface area (Å²) in [6.07, 6.45) is 3.07. The molecular weight excluding hydrogens is 328 g/mol. The fraction of sp³-hybridized carbons (Fsp3) is 0. The van der Waals surface area contributed by atoms with Crippen LogP contribution in [0.2, 0.25) is 0 Å². The maximum absolute atomic E-state index is 12.9. The molecule has 26 heavy (non-hydrogen) atoms. The molecule has 6 heteroatoms. The summed E-state index contributed by atoms with van der Waals surface area (Å²) < 4.78 is 6.64. The van der Waals surface area contributed by atoms with E-state index in [1.54, 1.807) is 60.8 Å². The number of fused-ring (bicyclic) bond motifs is 1. The highest BCUT2D eigenvalue weighted by Crippen LogP contribution is 2.19. The van der Waals surface area contributed by atoms with E-state index in [0.717, 1.165) is 5.56 Å². The third-order valence-electron chi connectivity index (χ3n) is 3.86. The van der Waals surface area contributed by atoms with Gasteiger partial charge in [0.2, 0.25) is 5.82 Å². The van der Waals surface area contributed by atoms with E-state index in [1.165, 1.54) is 10.9 Å². The minimum atomic E-state index is -0.285. The Morgan fingerprint density at radius 3 is 2.62 bits per heavy atom. The van der Waals surface area contributed by atoms with Gasteiger partial charge in [0.05, 0.1) is 35.0 Å². The molecule has 124 valence electrons. The van der Waals surface area contributed by atoms with Crippen molar-refractivity contribution in [3.8, 4) is 17.7 Å². The van der Waals surface area contributed by atoms with Gasteiger partial charge in [-0.2, -0.15) is 15.0 Å². The Kier molecular flexibility index (Phi) is 3.88. The molecule has 0 fully saturated rings. The lowest BCUT2D eigenvalue weighted by atomic mass is 10.2. The van der Waals surface area contributed by atoms with Crippen molar-refractivity contribution in [1.29, 1.82) is 5.26 Å². The highest BCUT2D eigenvalue weighted by molar-refractivity contribution is 5.81. The van der Waals surface area contributed by atoms with Crippen LogP contribution >= 0.6 is 0 Å². The highest BCUT2D eigenvalue weighted by atomic mass is 16.3. The summed E-state index contributed by atoms with van der Waals surface area (Å²) in [5.41, 5.74) is 1.61. The van der Waals surface area contributed by atoms with E-state index in [4.69, 9.17) is 9.68 Å². The maximum Gasteiger partial charge on any atom is 0.282 e. The monoisotopic (exact) mass is 340 g/mol. The van der Waals surface area contributed by atoms with Crippen LogP contribution < -0.4 is 5.56 Å². The predicted molar refractivity (Wildman–Crippen MR) is 97.9 cm³/mol. The lowest BCUT2D eigenvalue weighted by molar-refractivity contribution is 0.571. The first kappa shape index (κ1) is 15.5. The van der Waals surface area contributed by atoms with E-state index < -0.39 is 0 Å². The largest absolute Gasteiger partial charge is 0.461 e. The van der Waals surface area contributed by atoms with Crippen molar-refractivity contribution in [2.45, 2.75) is 0 Å². The van der Waals surface area contributed by atoms with E-state index in [2.05, 4.69) is 16.2 Å². The number of hydrogen-bond donors (Lipinski definition) is 0. The summed E-state index contributed by atoms with van der Waals surface area (Å²) in [7, 11) is 0. The van der Waals surface area contributed by atoms with Crippen LogP contribution in [-0.2, 0) is 0 Å². The minimum absolute atomic E-state index is 0.285. The maximum atomic E-state index is 12.9. The first-order chi connectivity index (χ1) is 12.8. The molecule has 0 radical (unpaired) electrons. The van der Waals surface area contributed by atoms with Crippen molar-refractivity contribution < 1.29 is 4.42 Å². The number of rotatable bonds is 3. The number of aromatic nitrogens is 2. The number of hydrogen-bond acceptors (Lipinski definition) is 5. The smallest absolute Gasteiger partial charge is 0.282 e. The van der Waals surface area contributed by atoms with Gasteiger partial charge in [-0.25, -0.2) is 4.98 Å². The SMILES string of the molecule is N#Cc1ccc(/C=N/n2c(-c3ccco3)nc3ccccc3c2=O)cc1. The second kappa shape index (κ2) is 6.49. The zero-order chi connectivity index (χ0) is 17.9. The van der Waals surface area contributed by atoms with Crippen molar-refractivity contribution in [3.05, 3.63) is 88.4 Å². The number of furan rings is 1. The molecule has 0 atom stereocenters. The highest BCUT2D eigenvalue weighted by Gasteiger charge is 2.14. The van der Waals surface area contributed by atoms with Gasteiger partial charge >= 0.3 is 0 Å². The Balaban J connectivity index is 1.88. The van der Waals surface area contributed by atoms with Crippen LogP contribution in [0.25, 0.3) is 22.5 Å². The average Bonchev–Trinajstić information content (AvgIpc) is 3.22. The molecule has 0 N–H and O–H groups in total. The zero-order valence-corrected chi connectivity index (χ0v) is 13.5. The van der Waals surface area contributed by atoms with Gasteiger partial charge in [-0.3, -0.25) is 4.79 Å². The van der Waals surface area contributed by atoms with Crippen molar-refractivity contribution in [1.82, 2.24) is 9.66 Å². The van der Waals surface area contributed by atoms with Crippen LogP contribution in [-0.4, -0.2) is 15.9 Å². The molecule has 0 saturated carbocycles. The predicted octanol–water partition coefficient (Wildman–Crippen LogP) is 3.41. The van der Waals surface area contributed by atoms with Gasteiger partial charge in [-0.15, -0.1) is 0 Å². The van der Waals surface area contributed by atoms with E-state index in [0.29, 0.717) is 28.1 Å². The second-order valence-corrected chi connectivity index (χ2v) is 5.53. The summed E-state index contributed by atoms with van der Waals surface area (Å²) in [6.45, 7) is 0. The molecular formula is C20H12N4O2. The molecule has 0 spiro atoms. The Hall–Kier alpha value is -3.98. The molecule has 0 amide bonds. The molecule has 6 nitrogen and oxygen atoms in total. The summed E-state index contributed by atoms with van der Waals surface area (Å²) >= 11 is 0. The molecule has 2 heterocycles. The van der Waals surface area contributed by atoms with Gasteiger partial charge in [-0.05, 0) is 42.0 Å². The fourth-order valence-corrected chi connectivity index (χ4v) is 2.56. The van der Waals surface area contributed by atoms with Crippen LogP contribution in [0.4, 0.5) is 0 Å². The Morgan fingerprint density at radius 2 is 1.88 bits per heavy atom. The Bertz CT molecular complexity index is 1200. The molecule has 4 rings (SSSR count). The summed E-state index contributed by atoms with van der Waals surface area (Å²) in [4.78, 5) is 17.4. The Morgan fingerprint density at radius 1 is 1.08 bits per heavy atom. The van der Waals surface area contributed by atoms with Crippen molar-refractivity contribution >= 4 is 17.1 Å². The standard InChI is InChI=1S/C20H12N4O2/c21-12-14-7-9-15(10-8-14)13-22-24-19(18-6-3-11-26-18)23-17-5-2-1-4-16(17)20(24)25/h1-11,13H/b22-13+. The average molecular weight is 340 g/mol. The van der Waals surface area contributed by atoms with Gasteiger partial charge in [0.25, 0.3) is 5.56 Å². The minimum Gasteiger partial charge on any atom is -0.461 e. The van der Waals surface area contributed by atoms with Crippen LogP contribution in [0.15, 0.2) is 81.2 Å². The van der Waals surface area contributed by atoms with Gasteiger partial charge in [0.15, 0.2) is 5.76 Å². The number of para-hydroxylation sites is 1. The van der Waals surface area contributed by atoms with Crippen molar-refractivity contribution in [2.24, 2.45) is 5.10 Å². The molecule has 4 aromatic rings. The molecule has 2 aromatic heterocycles. The van der Waals surface area contributed by atoms with Gasteiger partial charge in [0.1, 0.15) is 0 Å². The topological polar surface area (TPSA) is 84.2 Å². The molecule has 0 unspecified atom stereocenters. The van der Waals surface area contributed by atoms with Crippen LogP contribution in [0.1, 0.15) is 11.1 Å². The molecule has 0 aliphatic heterocycles. The van der Waals surface area contributed by atoms with Gasteiger partial charge < -0.3 is 4.42 Å². The van der Waals surface area contributed by atoms with Crippen LogP contribution in [0.3, 0.4) is 0 Å². The molecule has 0 saturated heterocycles. The molecule has 0 bridgehead atoms. The fourth-order valence-electron chi connectivity index (χ4n) is 2.56. The molecule has 0 aliphatic carbocycles. The van der Waals surface area contributed by atoms with Crippen LogP contribution in [0.5, 0.6) is 0 Å². The first-order valence-electron chi connectivity index (χ1n) is 7.86. The summed E-state index contributed by atoms with van der Waals surface area (Å²) in [5.74, 6) is 0.772. The van der Waals surface area contributed by atoms with E-state index in [9.17, 15) is 4.79 Å². The Labute approximate surface area is 148 Å². The normalized spacial score (nSPS) is 11.0. The molecule has 2 aromatic carbocycles. The van der Waals surface area contributed by atoms with Gasteiger partial charge in [-0.1, -0.05) is 24.3 Å². The number of nitrogens with zero attached hydrogens (tertiary/aromatic N) is 4. The quantitative estimate of drug-likeness (QED) is 0.535. The van der Waals surface area contributed by atoms with E-state index in [1.807, 2.05) is 6.07 Å². The first-order valence-corrected chi connectivity index (χ1v) is 7.86. The van der Waals surface area contributed by atoms with Crippen molar-refractivity contribution in [3.63, 3.8) is 0 Å². The lowest BCUT2D eigenvalue weighted by Crippen LogP contribution is -2.20. The van der Waals surface area contributed by atoms with Gasteiger partial charge in [0, 0.05) is 0 Å². The van der Waals surface area contributed by atoms with E-state index >= 15 is 0 Å². The third kappa shape index (κ3) is 2.78. The zero-order valence-electron chi connectivity index (χ0n) is 13.5. The van der Waals surface area contributed by atoms with Crippen LogP contribution in [0, 0.1) is 11.3 Å². The number of benzene rings is 2. The number of nitriles is 1. The summed E-state index contributed by atoms with van der Waals surface area (Å²) in [6, 6.07) is 19.5. The van der Waals surface area contributed by atoms with Crippen molar-refractivity contribution in [2.75, 3.05) is 0 Å². The summed E-state index contributed by atoms with van der Waals surface area (Å²) in [5, 5.41) is 13.7.